The Morgan fingerprint density at radius 1 is 0.258 bits per heavy atom. The van der Waals surface area contributed by atoms with E-state index in [1.807, 2.05) is 66.7 Å². The highest BCUT2D eigenvalue weighted by molar-refractivity contribution is 6.10. The molecule has 0 bridgehead atoms. The van der Waals surface area contributed by atoms with Crippen LogP contribution in [0, 0.1) is 0 Å². The van der Waals surface area contributed by atoms with E-state index in [0.717, 1.165) is 105 Å². The van der Waals surface area contributed by atoms with E-state index in [-0.39, 0.29) is 0 Å². The molecule has 0 amide bonds. The Labute approximate surface area is 357 Å². The van der Waals surface area contributed by atoms with Crippen LogP contribution in [0.15, 0.2) is 221 Å². The molecule has 0 fully saturated rings. The average molecular weight is 794 g/mol. The zero-order chi connectivity index (χ0) is 41.0. The molecule has 5 nitrogen and oxygen atoms in total. The first kappa shape index (κ1) is 35.5. The number of rotatable bonds is 7. The van der Waals surface area contributed by atoms with Gasteiger partial charge < -0.3 is 8.83 Å². The number of fused-ring (bicyclic) bond motifs is 6. The molecule has 0 aliphatic rings. The topological polar surface area (TPSA) is 65.0 Å². The molecule has 0 radical (unpaired) electrons. The van der Waals surface area contributed by atoms with Gasteiger partial charge in [0.05, 0.1) is 11.1 Å². The van der Waals surface area contributed by atoms with Crippen LogP contribution in [-0.4, -0.2) is 15.0 Å². The van der Waals surface area contributed by atoms with Crippen molar-refractivity contribution in [2.45, 2.75) is 0 Å². The molecule has 5 heteroatoms. The molecule has 0 aliphatic carbocycles. The molecular weight excluding hydrogens is 759 g/mol. The zero-order valence-electron chi connectivity index (χ0n) is 33.4. The molecule has 62 heavy (non-hydrogen) atoms. The van der Waals surface area contributed by atoms with Gasteiger partial charge in [-0.3, -0.25) is 0 Å². The number of hydrogen-bond acceptors (Lipinski definition) is 5. The molecule has 3 heterocycles. The lowest BCUT2D eigenvalue weighted by Crippen LogP contribution is -2.03. The minimum atomic E-state index is 0.498. The summed E-state index contributed by atoms with van der Waals surface area (Å²) in [6, 6.07) is 73.5. The van der Waals surface area contributed by atoms with Crippen molar-refractivity contribution in [3.8, 4) is 78.7 Å². The summed E-state index contributed by atoms with van der Waals surface area (Å²) in [4.78, 5) is 16.2. The molecule has 0 saturated carbocycles. The van der Waals surface area contributed by atoms with E-state index in [9.17, 15) is 0 Å². The Balaban J connectivity index is 1.20. The molecule has 3 aromatic heterocycles. The van der Waals surface area contributed by atoms with Gasteiger partial charge in [0.25, 0.3) is 0 Å². The number of para-hydroxylation sites is 4. The minimum Gasteiger partial charge on any atom is -0.455 e. The molecule has 290 valence electrons. The number of furan rings is 2. The van der Waals surface area contributed by atoms with Crippen molar-refractivity contribution in [3.63, 3.8) is 0 Å². The lowest BCUT2D eigenvalue weighted by Gasteiger charge is -2.19. The molecular formula is C57H35N3O2. The van der Waals surface area contributed by atoms with Crippen molar-refractivity contribution < 1.29 is 8.83 Å². The Morgan fingerprint density at radius 3 is 1.23 bits per heavy atom. The maximum Gasteiger partial charge on any atom is 0.167 e. The standard InChI is InChI=1S/C57H35N3O2/c1-4-17-36(18-5-1)39-23-14-24-40(33-39)52-48(38-21-8-3-9-22-38)34-41(37-19-6-2-7-20-37)35-49(52)57-59-55(46-29-15-27-44-42-25-10-12-31-50(42)61-53(44)46)58-56(60-57)47-30-16-28-45-43-26-11-13-32-51(43)62-54(45)47/h1-35H. The van der Waals surface area contributed by atoms with Gasteiger partial charge in [-0.2, -0.15) is 0 Å². The van der Waals surface area contributed by atoms with Crippen LogP contribution >= 0.6 is 0 Å². The smallest absolute Gasteiger partial charge is 0.167 e. The maximum absolute atomic E-state index is 6.62. The summed E-state index contributed by atoms with van der Waals surface area (Å²) < 4.78 is 13.2. The van der Waals surface area contributed by atoms with Crippen LogP contribution in [0.25, 0.3) is 123 Å². The third-order valence-corrected chi connectivity index (χ3v) is 11.8. The fourth-order valence-electron chi connectivity index (χ4n) is 8.84. The fourth-order valence-corrected chi connectivity index (χ4v) is 8.84. The van der Waals surface area contributed by atoms with Crippen molar-refractivity contribution in [2.75, 3.05) is 0 Å². The Bertz CT molecular complexity index is 3500. The third kappa shape index (κ3) is 6.06. The van der Waals surface area contributed by atoms with Gasteiger partial charge in [0.15, 0.2) is 17.5 Å². The molecule has 12 rings (SSSR count). The van der Waals surface area contributed by atoms with Gasteiger partial charge in [0.2, 0.25) is 0 Å². The van der Waals surface area contributed by atoms with Crippen LogP contribution in [0.1, 0.15) is 0 Å². The maximum atomic E-state index is 6.62. The summed E-state index contributed by atoms with van der Waals surface area (Å²) in [7, 11) is 0. The highest BCUT2D eigenvalue weighted by atomic mass is 16.3. The molecule has 12 aromatic rings. The highest BCUT2D eigenvalue weighted by Gasteiger charge is 2.24. The second kappa shape index (κ2) is 14.7. The third-order valence-electron chi connectivity index (χ3n) is 11.8. The van der Waals surface area contributed by atoms with Crippen molar-refractivity contribution in [1.82, 2.24) is 15.0 Å². The average Bonchev–Trinajstić information content (AvgIpc) is 3.93. The van der Waals surface area contributed by atoms with E-state index in [1.54, 1.807) is 0 Å². The van der Waals surface area contributed by atoms with Crippen molar-refractivity contribution in [1.29, 1.82) is 0 Å². The van der Waals surface area contributed by atoms with Gasteiger partial charge in [-0.1, -0.05) is 170 Å². The lowest BCUT2D eigenvalue weighted by atomic mass is 9.86. The van der Waals surface area contributed by atoms with E-state index in [0.29, 0.717) is 17.5 Å². The quantitative estimate of drug-likeness (QED) is 0.161. The van der Waals surface area contributed by atoms with Gasteiger partial charge >= 0.3 is 0 Å². The van der Waals surface area contributed by atoms with E-state index in [2.05, 4.69) is 146 Å². The number of hydrogen-bond donors (Lipinski definition) is 0. The second-order valence-corrected chi connectivity index (χ2v) is 15.5. The van der Waals surface area contributed by atoms with Crippen molar-refractivity contribution in [3.05, 3.63) is 212 Å². The fraction of sp³-hybridized carbons (Fsp3) is 0. The van der Waals surface area contributed by atoms with Gasteiger partial charge in [-0.05, 0) is 81.4 Å². The van der Waals surface area contributed by atoms with E-state index in [1.165, 1.54) is 0 Å². The second-order valence-electron chi connectivity index (χ2n) is 15.5. The molecule has 0 unspecified atom stereocenters. The molecule has 0 N–H and O–H groups in total. The Morgan fingerprint density at radius 2 is 0.661 bits per heavy atom. The SMILES string of the molecule is c1ccc(-c2cccc(-c3c(-c4ccccc4)cc(-c4ccccc4)cc3-c3nc(-c4cccc5c4oc4ccccc45)nc(-c4cccc5c4oc4ccccc45)n3)c2)cc1. The van der Waals surface area contributed by atoms with Gasteiger partial charge in [-0.15, -0.1) is 0 Å². The summed E-state index contributed by atoms with van der Waals surface area (Å²) in [6.45, 7) is 0. The summed E-state index contributed by atoms with van der Waals surface area (Å²) in [5.74, 6) is 1.53. The zero-order valence-corrected chi connectivity index (χ0v) is 33.4. The van der Waals surface area contributed by atoms with Crippen LogP contribution in [0.5, 0.6) is 0 Å². The number of benzene rings is 9. The van der Waals surface area contributed by atoms with Gasteiger partial charge in [0, 0.05) is 32.7 Å². The first-order valence-corrected chi connectivity index (χ1v) is 20.8. The first-order chi connectivity index (χ1) is 30.7. The van der Waals surface area contributed by atoms with Crippen LogP contribution in [0.3, 0.4) is 0 Å². The number of nitrogens with zero attached hydrogens (tertiary/aromatic N) is 3. The minimum absolute atomic E-state index is 0.498. The predicted molar refractivity (Wildman–Crippen MR) is 252 cm³/mol. The van der Waals surface area contributed by atoms with Crippen LogP contribution in [0.2, 0.25) is 0 Å². The summed E-state index contributed by atoms with van der Waals surface area (Å²) >= 11 is 0. The molecule has 0 aliphatic heterocycles. The predicted octanol–water partition coefficient (Wildman–Crippen LogP) is 15.3. The first-order valence-electron chi connectivity index (χ1n) is 20.8. The van der Waals surface area contributed by atoms with Crippen molar-refractivity contribution >= 4 is 43.9 Å². The van der Waals surface area contributed by atoms with E-state index in [4.69, 9.17) is 23.8 Å². The normalized spacial score (nSPS) is 11.5. The van der Waals surface area contributed by atoms with Crippen LogP contribution in [-0.2, 0) is 0 Å². The van der Waals surface area contributed by atoms with Crippen LogP contribution < -0.4 is 0 Å². The summed E-state index contributed by atoms with van der Waals surface area (Å²) in [5.41, 5.74) is 14.1. The summed E-state index contributed by atoms with van der Waals surface area (Å²) in [5, 5.41) is 4.07. The molecule has 0 atom stereocenters. The Kier molecular flexibility index (Phi) is 8.42. The molecule has 9 aromatic carbocycles. The van der Waals surface area contributed by atoms with E-state index >= 15 is 0 Å². The summed E-state index contributed by atoms with van der Waals surface area (Å²) in [6.07, 6.45) is 0. The highest BCUT2D eigenvalue weighted by Crippen LogP contribution is 2.45. The van der Waals surface area contributed by atoms with Gasteiger partial charge in [-0.25, -0.2) is 15.0 Å². The molecule has 0 saturated heterocycles. The lowest BCUT2D eigenvalue weighted by molar-refractivity contribution is 0.669. The van der Waals surface area contributed by atoms with Crippen molar-refractivity contribution in [2.24, 2.45) is 0 Å². The largest absolute Gasteiger partial charge is 0.455 e. The van der Waals surface area contributed by atoms with Crippen LogP contribution in [0.4, 0.5) is 0 Å². The van der Waals surface area contributed by atoms with Gasteiger partial charge in [0.1, 0.15) is 22.3 Å². The van der Waals surface area contributed by atoms with E-state index < -0.39 is 0 Å². The molecule has 0 spiro atoms. The number of aromatic nitrogens is 3. The Hall–Kier alpha value is -8.41. The monoisotopic (exact) mass is 793 g/mol.